The van der Waals surface area contributed by atoms with Gasteiger partial charge in [-0.25, -0.2) is 0 Å². The van der Waals surface area contributed by atoms with Crippen LogP contribution in [0.1, 0.15) is 5.56 Å². The molecule has 1 aromatic carbocycles. The van der Waals surface area contributed by atoms with Crippen LogP contribution in [0.25, 0.3) is 10.2 Å². The molecule has 2 heterocycles. The van der Waals surface area contributed by atoms with Gasteiger partial charge in [0.25, 0.3) is 10.0 Å². The van der Waals surface area contributed by atoms with Crippen LogP contribution in [-0.4, -0.2) is 13.0 Å². The SMILES string of the molecule is C#CCn1/c(=N/S(=O)(=O)c2ccc(Cl)s2)sc2cc(C)ccc21. The molecule has 0 saturated heterocycles. The molecule has 0 amide bonds. The number of aromatic nitrogens is 1. The molecule has 0 radical (unpaired) electrons. The third-order valence-electron chi connectivity index (χ3n) is 3.09. The molecule has 0 bridgehead atoms. The van der Waals surface area contributed by atoms with Crippen molar-refractivity contribution in [3.05, 3.63) is 45.0 Å². The predicted octanol–water partition coefficient (Wildman–Crippen LogP) is 3.65. The Morgan fingerprint density at radius 1 is 1.30 bits per heavy atom. The summed E-state index contributed by atoms with van der Waals surface area (Å²) in [7, 11) is -3.81. The fourth-order valence-electron chi connectivity index (χ4n) is 2.08. The van der Waals surface area contributed by atoms with Gasteiger partial charge >= 0.3 is 0 Å². The lowest BCUT2D eigenvalue weighted by molar-refractivity contribution is 0.598. The Hall–Kier alpha value is -1.59. The molecule has 3 aromatic rings. The van der Waals surface area contributed by atoms with E-state index in [-0.39, 0.29) is 10.8 Å². The number of benzene rings is 1. The molecule has 0 unspecified atom stereocenters. The first kappa shape index (κ1) is 16.3. The van der Waals surface area contributed by atoms with E-state index in [2.05, 4.69) is 10.3 Å². The Morgan fingerprint density at radius 3 is 2.74 bits per heavy atom. The maximum Gasteiger partial charge on any atom is 0.294 e. The Balaban J connectivity index is 2.26. The van der Waals surface area contributed by atoms with Gasteiger partial charge in [-0.1, -0.05) is 34.9 Å². The smallest absolute Gasteiger partial charge is 0.294 e. The van der Waals surface area contributed by atoms with E-state index < -0.39 is 10.0 Å². The topological polar surface area (TPSA) is 51.4 Å². The van der Waals surface area contributed by atoms with Crippen molar-refractivity contribution in [3.63, 3.8) is 0 Å². The molecular weight excluding hydrogens is 372 g/mol. The normalized spacial score (nSPS) is 12.7. The maximum absolute atomic E-state index is 12.4. The second-order valence-corrected chi connectivity index (χ2v) is 9.33. The molecule has 4 nitrogen and oxygen atoms in total. The van der Waals surface area contributed by atoms with Gasteiger partial charge in [0.1, 0.15) is 4.21 Å². The molecule has 0 saturated carbocycles. The number of fused-ring (bicyclic) bond motifs is 1. The van der Waals surface area contributed by atoms with Gasteiger partial charge in [-0.05, 0) is 36.8 Å². The van der Waals surface area contributed by atoms with Crippen LogP contribution in [0.15, 0.2) is 38.9 Å². The summed E-state index contributed by atoms with van der Waals surface area (Å²) < 4.78 is 32.0. The van der Waals surface area contributed by atoms with Gasteiger partial charge in [0, 0.05) is 0 Å². The Labute approximate surface area is 146 Å². The maximum atomic E-state index is 12.4. The molecule has 0 aliphatic carbocycles. The zero-order valence-corrected chi connectivity index (χ0v) is 15.2. The second kappa shape index (κ2) is 6.13. The van der Waals surface area contributed by atoms with E-state index >= 15 is 0 Å². The number of hydrogen-bond donors (Lipinski definition) is 0. The highest BCUT2D eigenvalue weighted by molar-refractivity contribution is 7.92. The first-order chi connectivity index (χ1) is 10.9. The van der Waals surface area contributed by atoms with Crippen molar-refractivity contribution in [3.8, 4) is 12.3 Å². The zero-order valence-electron chi connectivity index (χ0n) is 12.0. The van der Waals surface area contributed by atoms with Crippen molar-refractivity contribution >= 4 is 54.5 Å². The van der Waals surface area contributed by atoms with E-state index in [1.807, 2.05) is 25.1 Å². The summed E-state index contributed by atoms with van der Waals surface area (Å²) in [6.45, 7) is 2.23. The van der Waals surface area contributed by atoms with Crippen molar-refractivity contribution in [2.75, 3.05) is 0 Å². The van der Waals surface area contributed by atoms with Crippen LogP contribution >= 0.6 is 34.3 Å². The summed E-state index contributed by atoms with van der Waals surface area (Å²) in [6.07, 6.45) is 5.42. The molecular formula is C15H11ClN2O2S3. The monoisotopic (exact) mass is 382 g/mol. The average molecular weight is 383 g/mol. The third kappa shape index (κ3) is 3.21. The van der Waals surface area contributed by atoms with Gasteiger partial charge < -0.3 is 4.57 Å². The number of nitrogens with zero attached hydrogens (tertiary/aromatic N) is 2. The zero-order chi connectivity index (χ0) is 16.6. The number of thiazole rings is 1. The lowest BCUT2D eigenvalue weighted by Gasteiger charge is -2.00. The van der Waals surface area contributed by atoms with Crippen molar-refractivity contribution in [2.45, 2.75) is 17.7 Å². The predicted molar refractivity (Wildman–Crippen MR) is 95.5 cm³/mol. The second-order valence-electron chi connectivity index (χ2n) is 4.77. The molecule has 2 aromatic heterocycles. The standard InChI is InChI=1S/C15H11ClN2O2S3/c1-3-8-18-11-5-4-10(2)9-12(11)21-15(18)17-23(19,20)14-7-6-13(16)22-14/h1,4-7,9H,8H2,2H3/b17-15-. The highest BCUT2D eigenvalue weighted by Crippen LogP contribution is 2.27. The first-order valence-corrected chi connectivity index (χ1v) is 9.95. The number of thiophene rings is 1. The van der Waals surface area contributed by atoms with E-state index in [1.165, 1.54) is 17.4 Å². The molecule has 0 atom stereocenters. The molecule has 0 fully saturated rings. The fourth-order valence-corrected chi connectivity index (χ4v) is 5.87. The van der Waals surface area contributed by atoms with Crippen LogP contribution in [0.2, 0.25) is 4.34 Å². The number of sulfonamides is 1. The summed E-state index contributed by atoms with van der Waals surface area (Å²) in [5, 5.41) is 0. The summed E-state index contributed by atoms with van der Waals surface area (Å²) in [5.41, 5.74) is 1.96. The van der Waals surface area contributed by atoms with Crippen LogP contribution in [0, 0.1) is 19.3 Å². The molecule has 0 spiro atoms. The van der Waals surface area contributed by atoms with Gasteiger partial charge in [-0.2, -0.15) is 8.42 Å². The van der Waals surface area contributed by atoms with Crippen LogP contribution in [0.3, 0.4) is 0 Å². The molecule has 23 heavy (non-hydrogen) atoms. The Morgan fingerprint density at radius 2 is 2.09 bits per heavy atom. The highest BCUT2D eigenvalue weighted by Gasteiger charge is 2.17. The fraction of sp³-hybridized carbons (Fsp3) is 0.133. The average Bonchev–Trinajstić information content (AvgIpc) is 3.04. The van der Waals surface area contributed by atoms with Crippen LogP contribution < -0.4 is 4.80 Å². The number of aryl methyl sites for hydroxylation is 1. The molecule has 0 aliphatic rings. The highest BCUT2D eigenvalue weighted by atomic mass is 35.5. The molecule has 0 aliphatic heterocycles. The van der Waals surface area contributed by atoms with Crippen LogP contribution in [0.5, 0.6) is 0 Å². The lowest BCUT2D eigenvalue weighted by atomic mass is 10.2. The third-order valence-corrected chi connectivity index (χ3v) is 7.21. The van der Waals surface area contributed by atoms with Gasteiger partial charge in [0.15, 0.2) is 0 Å². The quantitative estimate of drug-likeness (QED) is 0.649. The van der Waals surface area contributed by atoms with E-state index in [1.54, 1.807) is 10.6 Å². The van der Waals surface area contributed by atoms with E-state index in [9.17, 15) is 8.42 Å². The molecule has 118 valence electrons. The van der Waals surface area contributed by atoms with E-state index in [0.717, 1.165) is 27.1 Å². The molecule has 3 rings (SSSR count). The van der Waals surface area contributed by atoms with Crippen molar-refractivity contribution in [1.82, 2.24) is 4.57 Å². The van der Waals surface area contributed by atoms with E-state index in [0.29, 0.717) is 9.14 Å². The molecule has 8 heteroatoms. The summed E-state index contributed by atoms with van der Waals surface area (Å²) in [5.74, 6) is 2.54. The number of halogens is 1. The van der Waals surface area contributed by atoms with Gasteiger partial charge in [0.05, 0.1) is 21.1 Å². The number of terminal acetylenes is 1. The minimum absolute atomic E-state index is 0.114. The summed E-state index contributed by atoms with van der Waals surface area (Å²) in [4.78, 5) is 0.355. The number of rotatable bonds is 3. The first-order valence-electron chi connectivity index (χ1n) is 6.50. The number of hydrogen-bond acceptors (Lipinski definition) is 4. The Bertz CT molecular complexity index is 1100. The van der Waals surface area contributed by atoms with Crippen LogP contribution in [0.4, 0.5) is 0 Å². The minimum Gasteiger partial charge on any atom is -0.304 e. The van der Waals surface area contributed by atoms with Crippen molar-refractivity contribution in [1.29, 1.82) is 0 Å². The van der Waals surface area contributed by atoms with Crippen molar-refractivity contribution < 1.29 is 8.42 Å². The van der Waals surface area contributed by atoms with Gasteiger partial charge in [-0.15, -0.1) is 22.2 Å². The van der Waals surface area contributed by atoms with Gasteiger partial charge in [-0.3, -0.25) is 0 Å². The van der Waals surface area contributed by atoms with Gasteiger partial charge in [0.2, 0.25) is 4.80 Å². The lowest BCUT2D eigenvalue weighted by Crippen LogP contribution is -2.16. The van der Waals surface area contributed by atoms with E-state index in [4.69, 9.17) is 18.0 Å². The van der Waals surface area contributed by atoms with Crippen LogP contribution in [-0.2, 0) is 16.6 Å². The largest absolute Gasteiger partial charge is 0.304 e. The minimum atomic E-state index is -3.81. The Kier molecular flexibility index (Phi) is 4.34. The van der Waals surface area contributed by atoms with Crippen molar-refractivity contribution in [2.24, 2.45) is 4.40 Å². The molecule has 0 N–H and O–H groups in total. The summed E-state index contributed by atoms with van der Waals surface area (Å²) >= 11 is 8.10. The summed E-state index contributed by atoms with van der Waals surface area (Å²) in [6, 6.07) is 8.86.